The molecule has 0 amide bonds. The second-order valence-corrected chi connectivity index (χ2v) is 7.35. The van der Waals surface area contributed by atoms with Gasteiger partial charge in [-0.1, -0.05) is 54.6 Å². The van der Waals surface area contributed by atoms with Gasteiger partial charge in [-0.25, -0.2) is 9.48 Å². The monoisotopic (exact) mass is 468 g/mol. The summed E-state index contributed by atoms with van der Waals surface area (Å²) in [5.41, 5.74) is -0.161. The number of benzene rings is 2. The van der Waals surface area contributed by atoms with E-state index >= 15 is 0 Å². The lowest BCUT2D eigenvalue weighted by Gasteiger charge is -2.18. The Labute approximate surface area is 191 Å². The van der Waals surface area contributed by atoms with Crippen molar-refractivity contribution >= 4 is 28.1 Å². The molecule has 34 heavy (non-hydrogen) atoms. The zero-order valence-corrected chi connectivity index (χ0v) is 18.0. The van der Waals surface area contributed by atoms with E-state index in [0.29, 0.717) is 11.3 Å². The van der Waals surface area contributed by atoms with Gasteiger partial charge >= 0.3 is 12.3 Å². The molecule has 174 valence electrons. The number of alkyl halides is 3. The Bertz CT molecular complexity index is 1400. The van der Waals surface area contributed by atoms with Crippen molar-refractivity contribution in [2.45, 2.75) is 26.3 Å². The Morgan fingerprint density at radius 1 is 1.06 bits per heavy atom. The number of anilines is 2. The van der Waals surface area contributed by atoms with E-state index in [-0.39, 0.29) is 24.2 Å². The van der Waals surface area contributed by atoms with Gasteiger partial charge in [0.1, 0.15) is 5.69 Å². The summed E-state index contributed by atoms with van der Waals surface area (Å²) in [6.45, 7) is 1.62. The number of fused-ring (bicyclic) bond motifs is 1. The first-order valence-corrected chi connectivity index (χ1v) is 10.3. The molecule has 4 rings (SSSR count). The van der Waals surface area contributed by atoms with Crippen molar-refractivity contribution in [3.8, 4) is 0 Å². The average molecular weight is 468 g/mol. The van der Waals surface area contributed by atoms with Gasteiger partial charge in [-0.3, -0.25) is 9.78 Å². The van der Waals surface area contributed by atoms with E-state index in [0.717, 1.165) is 15.5 Å². The number of carbonyl (C=O) groups is 1. The third kappa shape index (κ3) is 4.90. The van der Waals surface area contributed by atoms with Crippen molar-refractivity contribution in [1.82, 2.24) is 14.8 Å². The number of rotatable bonds is 6. The minimum atomic E-state index is -5.21. The number of pyridine rings is 1. The van der Waals surface area contributed by atoms with Crippen molar-refractivity contribution in [3.05, 3.63) is 94.2 Å². The molecule has 0 radical (unpaired) electrons. The number of esters is 1. The molecule has 7 nitrogen and oxygen atoms in total. The summed E-state index contributed by atoms with van der Waals surface area (Å²) in [7, 11) is 0. The number of hydrogen-bond donors (Lipinski definition) is 1. The molecular weight excluding hydrogens is 449 g/mol. The topological polar surface area (TPSA) is 86.1 Å². The van der Waals surface area contributed by atoms with Crippen LogP contribution in [-0.4, -0.2) is 27.1 Å². The maximum Gasteiger partial charge on any atom is 0.575 e. The molecule has 1 N–H and O–H groups in total. The quantitative estimate of drug-likeness (QED) is 0.408. The van der Waals surface area contributed by atoms with Gasteiger partial charge < -0.3 is 10.1 Å². The molecule has 2 heterocycles. The molecule has 0 atom stereocenters. The van der Waals surface area contributed by atoms with Crippen LogP contribution in [0.25, 0.3) is 10.8 Å². The molecule has 0 unspecified atom stereocenters. The van der Waals surface area contributed by atoms with Gasteiger partial charge in [0, 0.05) is 35.5 Å². The van der Waals surface area contributed by atoms with E-state index in [9.17, 15) is 22.8 Å². The molecule has 10 heteroatoms. The first-order valence-electron chi connectivity index (χ1n) is 10.3. The third-order valence-electron chi connectivity index (χ3n) is 5.11. The van der Waals surface area contributed by atoms with E-state index in [1.807, 2.05) is 18.2 Å². The van der Waals surface area contributed by atoms with E-state index in [1.165, 1.54) is 6.20 Å². The molecule has 0 aliphatic heterocycles. The Morgan fingerprint density at radius 2 is 1.76 bits per heavy atom. The predicted molar refractivity (Wildman–Crippen MR) is 120 cm³/mol. The number of ether oxygens (including phenoxy) is 1. The number of carbonyl (C=O) groups excluding carboxylic acids is 1. The first kappa shape index (κ1) is 23.0. The Kier molecular flexibility index (Phi) is 6.31. The zero-order chi connectivity index (χ0) is 24.3. The second-order valence-electron chi connectivity index (χ2n) is 7.35. The van der Waals surface area contributed by atoms with Crippen LogP contribution >= 0.6 is 0 Å². The fourth-order valence-corrected chi connectivity index (χ4v) is 3.59. The van der Waals surface area contributed by atoms with Gasteiger partial charge in [-0.2, -0.15) is 5.10 Å². The third-order valence-corrected chi connectivity index (χ3v) is 5.11. The second kappa shape index (κ2) is 9.34. The van der Waals surface area contributed by atoms with Gasteiger partial charge in [-0.05, 0) is 12.5 Å². The summed E-state index contributed by atoms with van der Waals surface area (Å²) in [5.74, 6) is -1.69. The van der Waals surface area contributed by atoms with Crippen LogP contribution < -0.4 is 10.9 Å². The summed E-state index contributed by atoms with van der Waals surface area (Å²) in [4.78, 5) is 29.9. The number of aryl methyl sites for hydroxylation is 1. The van der Waals surface area contributed by atoms with Crippen LogP contribution in [0.5, 0.6) is 0 Å². The highest BCUT2D eigenvalue weighted by Crippen LogP contribution is 2.29. The normalized spacial score (nSPS) is 11.4. The summed E-state index contributed by atoms with van der Waals surface area (Å²) in [6.07, 6.45) is -2.09. The molecular formula is C24H19F3N4O3. The minimum absolute atomic E-state index is 0.0110. The number of aromatic nitrogens is 3. The lowest BCUT2D eigenvalue weighted by Crippen LogP contribution is -2.31. The number of nitrogens with zero attached hydrogens (tertiary/aromatic N) is 3. The van der Waals surface area contributed by atoms with Gasteiger partial charge in [0.05, 0.1) is 11.9 Å². The average Bonchev–Trinajstić information content (AvgIpc) is 2.81. The summed E-state index contributed by atoms with van der Waals surface area (Å²) in [5, 5.41) is 8.45. The number of halogens is 3. The van der Waals surface area contributed by atoms with Gasteiger partial charge in [-0.15, -0.1) is 13.2 Å². The summed E-state index contributed by atoms with van der Waals surface area (Å²) >= 11 is 0. The fourth-order valence-electron chi connectivity index (χ4n) is 3.59. The van der Waals surface area contributed by atoms with Crippen molar-refractivity contribution in [1.29, 1.82) is 0 Å². The standard InChI is InChI=1S/C24H19F3N4O3/c1-2-31-22(32)20(29-19-14-28-13-16-10-6-7-11-17(16)19)18(12-15-8-4-3-5-9-15)21(30-31)23(33)34-24(25,26)27/h3-11,13-14,29H,2,12H2,1H3. The summed E-state index contributed by atoms with van der Waals surface area (Å²) < 4.78 is 43.2. The maximum atomic E-state index is 13.3. The number of hydrogen-bond acceptors (Lipinski definition) is 6. The van der Waals surface area contributed by atoms with Crippen LogP contribution in [-0.2, 0) is 17.7 Å². The van der Waals surface area contributed by atoms with E-state index < -0.39 is 23.6 Å². The first-order chi connectivity index (χ1) is 16.3. The highest BCUT2D eigenvalue weighted by Gasteiger charge is 2.37. The van der Waals surface area contributed by atoms with Crippen LogP contribution in [0.1, 0.15) is 28.5 Å². The summed E-state index contributed by atoms with van der Waals surface area (Å²) in [6, 6.07) is 16.0. The Morgan fingerprint density at radius 3 is 2.47 bits per heavy atom. The van der Waals surface area contributed by atoms with Crippen molar-refractivity contribution in [3.63, 3.8) is 0 Å². The van der Waals surface area contributed by atoms with E-state index in [2.05, 4.69) is 20.1 Å². The van der Waals surface area contributed by atoms with Crippen LogP contribution in [0.2, 0.25) is 0 Å². The Balaban J connectivity index is 1.93. The van der Waals surface area contributed by atoms with Gasteiger partial charge in [0.2, 0.25) is 0 Å². The van der Waals surface area contributed by atoms with Crippen molar-refractivity contribution < 1.29 is 22.7 Å². The largest absolute Gasteiger partial charge is 0.575 e. The highest BCUT2D eigenvalue weighted by atomic mass is 19.4. The van der Waals surface area contributed by atoms with Gasteiger partial charge in [0.15, 0.2) is 5.69 Å². The smallest absolute Gasteiger partial charge is 0.368 e. The molecule has 2 aromatic heterocycles. The Hall–Kier alpha value is -4.21. The molecule has 0 saturated heterocycles. The molecule has 0 spiro atoms. The number of nitrogens with one attached hydrogen (secondary N) is 1. The SMILES string of the molecule is CCn1nc(C(=O)OC(F)(F)F)c(Cc2ccccc2)c(Nc2cncc3ccccc23)c1=O. The van der Waals surface area contributed by atoms with Crippen LogP contribution in [0, 0.1) is 0 Å². The molecule has 0 fully saturated rings. The van der Waals surface area contributed by atoms with Gasteiger partial charge in [0.25, 0.3) is 5.56 Å². The van der Waals surface area contributed by atoms with Crippen molar-refractivity contribution in [2.24, 2.45) is 0 Å². The van der Waals surface area contributed by atoms with Crippen LogP contribution in [0.4, 0.5) is 24.5 Å². The van der Waals surface area contributed by atoms with E-state index in [1.54, 1.807) is 49.5 Å². The molecule has 4 aromatic rings. The molecule has 0 saturated carbocycles. The molecule has 0 bridgehead atoms. The van der Waals surface area contributed by atoms with E-state index in [4.69, 9.17) is 0 Å². The van der Waals surface area contributed by atoms with Crippen LogP contribution in [0.3, 0.4) is 0 Å². The zero-order valence-electron chi connectivity index (χ0n) is 18.0. The minimum Gasteiger partial charge on any atom is -0.368 e. The fraction of sp³-hybridized carbons (Fsp3) is 0.167. The molecule has 0 aliphatic rings. The predicted octanol–water partition coefficient (Wildman–Crippen LogP) is 4.82. The molecule has 2 aromatic carbocycles. The maximum absolute atomic E-state index is 13.3. The van der Waals surface area contributed by atoms with Crippen molar-refractivity contribution in [2.75, 3.05) is 5.32 Å². The van der Waals surface area contributed by atoms with Crippen LogP contribution in [0.15, 0.2) is 71.8 Å². The lowest BCUT2D eigenvalue weighted by molar-refractivity contribution is -0.292. The lowest BCUT2D eigenvalue weighted by atomic mass is 10.0. The highest BCUT2D eigenvalue weighted by molar-refractivity contribution is 5.96. The molecule has 0 aliphatic carbocycles.